The third-order valence-corrected chi connectivity index (χ3v) is 8.42. The molecular weight excluding hydrogens is 462 g/mol. The first-order valence-electron chi connectivity index (χ1n) is 11.0. The van der Waals surface area contributed by atoms with Gasteiger partial charge in [0, 0.05) is 19.1 Å². The predicted molar refractivity (Wildman–Crippen MR) is 130 cm³/mol. The maximum absolute atomic E-state index is 13.6. The number of hydrogen-bond donors (Lipinski definition) is 2. The molecule has 0 unspecified atom stereocenters. The van der Waals surface area contributed by atoms with Gasteiger partial charge in [0.25, 0.3) is 0 Å². The van der Waals surface area contributed by atoms with Gasteiger partial charge in [-0.3, -0.25) is 9.59 Å². The number of sulfonamides is 1. The molecule has 7 nitrogen and oxygen atoms in total. The Morgan fingerprint density at radius 1 is 1.06 bits per heavy atom. The van der Waals surface area contributed by atoms with Crippen LogP contribution in [0.4, 0.5) is 5.69 Å². The smallest absolute Gasteiger partial charge is 0.313 e. The Hall–Kier alpha value is -2.42. The first-order valence-corrected chi connectivity index (χ1v) is 12.9. The number of benzene rings is 2. The molecule has 3 rings (SSSR count). The highest BCUT2D eigenvalue weighted by atomic mass is 35.5. The molecule has 1 aliphatic heterocycles. The first-order chi connectivity index (χ1) is 15.6. The summed E-state index contributed by atoms with van der Waals surface area (Å²) in [4.78, 5) is 24.8. The molecule has 2 aromatic carbocycles. The molecule has 1 fully saturated rings. The van der Waals surface area contributed by atoms with Crippen LogP contribution < -0.4 is 10.6 Å². The van der Waals surface area contributed by atoms with E-state index in [1.165, 1.54) is 0 Å². The lowest BCUT2D eigenvalue weighted by atomic mass is 10.0. The summed E-state index contributed by atoms with van der Waals surface area (Å²) in [6.07, 6.45) is 2.86. The van der Waals surface area contributed by atoms with E-state index >= 15 is 0 Å². The Bertz CT molecular complexity index is 1130. The summed E-state index contributed by atoms with van der Waals surface area (Å²) < 4.78 is 28.7. The number of anilines is 1. The van der Waals surface area contributed by atoms with Crippen molar-refractivity contribution in [2.45, 2.75) is 57.4 Å². The highest BCUT2D eigenvalue weighted by molar-refractivity contribution is 7.89. The third kappa shape index (κ3) is 5.93. The van der Waals surface area contributed by atoms with E-state index in [2.05, 4.69) is 10.6 Å². The van der Waals surface area contributed by atoms with Gasteiger partial charge in [0.1, 0.15) is 0 Å². The van der Waals surface area contributed by atoms with Crippen LogP contribution in [0.2, 0.25) is 5.02 Å². The Kier molecular flexibility index (Phi) is 8.15. The van der Waals surface area contributed by atoms with Gasteiger partial charge in [0.2, 0.25) is 10.0 Å². The van der Waals surface area contributed by atoms with Gasteiger partial charge >= 0.3 is 11.8 Å². The van der Waals surface area contributed by atoms with Crippen LogP contribution >= 0.6 is 11.6 Å². The summed E-state index contributed by atoms with van der Waals surface area (Å²) in [6, 6.07) is 10.2. The summed E-state index contributed by atoms with van der Waals surface area (Å²) in [5.41, 5.74) is 2.85. The Morgan fingerprint density at radius 3 is 2.39 bits per heavy atom. The second kappa shape index (κ2) is 10.7. The number of nitrogens with one attached hydrogen (secondary N) is 2. The lowest BCUT2D eigenvalue weighted by molar-refractivity contribution is -0.136. The topological polar surface area (TPSA) is 95.6 Å². The first kappa shape index (κ1) is 25.2. The van der Waals surface area contributed by atoms with Crippen LogP contribution in [0.5, 0.6) is 0 Å². The Morgan fingerprint density at radius 2 is 1.73 bits per heavy atom. The molecule has 2 aromatic rings. The fourth-order valence-corrected chi connectivity index (χ4v) is 6.77. The van der Waals surface area contributed by atoms with Gasteiger partial charge in [-0.05, 0) is 63.3 Å². The quantitative estimate of drug-likeness (QED) is 0.598. The fraction of sp³-hybridized carbons (Fsp3) is 0.417. The summed E-state index contributed by atoms with van der Waals surface area (Å²) in [7, 11) is -3.68. The van der Waals surface area contributed by atoms with E-state index in [9.17, 15) is 18.0 Å². The number of hydrogen-bond acceptors (Lipinski definition) is 4. The number of carbonyl (C=O) groups is 2. The number of aryl methyl sites for hydroxylation is 3. The van der Waals surface area contributed by atoms with Crippen LogP contribution in [-0.2, 0) is 19.6 Å². The van der Waals surface area contributed by atoms with Crippen molar-refractivity contribution in [2.24, 2.45) is 0 Å². The minimum absolute atomic E-state index is 0.192. The predicted octanol–water partition coefficient (Wildman–Crippen LogP) is 3.95. The van der Waals surface area contributed by atoms with E-state index in [0.717, 1.165) is 29.5 Å². The average molecular weight is 492 g/mol. The van der Waals surface area contributed by atoms with Crippen LogP contribution in [-0.4, -0.2) is 43.7 Å². The van der Waals surface area contributed by atoms with Crippen LogP contribution in [0.3, 0.4) is 0 Å². The summed E-state index contributed by atoms with van der Waals surface area (Å²) in [5, 5.41) is 5.41. The fourth-order valence-electron chi connectivity index (χ4n) is 4.44. The van der Waals surface area contributed by atoms with Crippen LogP contribution in [0, 0.1) is 20.8 Å². The number of para-hydroxylation sites is 1. The van der Waals surface area contributed by atoms with Gasteiger partial charge in [-0.25, -0.2) is 8.42 Å². The zero-order chi connectivity index (χ0) is 24.2. The second-order valence-electron chi connectivity index (χ2n) is 8.47. The molecule has 0 bridgehead atoms. The summed E-state index contributed by atoms with van der Waals surface area (Å²) in [5.74, 6) is -1.60. The number of rotatable bonds is 6. The van der Waals surface area contributed by atoms with E-state index < -0.39 is 21.8 Å². The van der Waals surface area contributed by atoms with E-state index in [-0.39, 0.29) is 12.6 Å². The third-order valence-electron chi connectivity index (χ3n) is 5.84. The van der Waals surface area contributed by atoms with Crippen molar-refractivity contribution < 1.29 is 18.0 Å². The van der Waals surface area contributed by atoms with Gasteiger partial charge in [-0.15, -0.1) is 0 Å². The minimum atomic E-state index is -3.68. The molecule has 9 heteroatoms. The monoisotopic (exact) mass is 491 g/mol. The second-order valence-corrected chi connectivity index (χ2v) is 10.7. The van der Waals surface area contributed by atoms with Gasteiger partial charge in [0.15, 0.2) is 0 Å². The molecule has 1 aliphatic rings. The number of halogens is 1. The van der Waals surface area contributed by atoms with Crippen LogP contribution in [0.15, 0.2) is 41.3 Å². The molecule has 0 saturated carbocycles. The van der Waals surface area contributed by atoms with Crippen LogP contribution in [0.25, 0.3) is 0 Å². The number of nitrogens with zero attached hydrogens (tertiary/aromatic N) is 1. The Balaban J connectivity index is 1.65. The summed E-state index contributed by atoms with van der Waals surface area (Å²) >= 11 is 6.01. The van der Waals surface area contributed by atoms with Crippen molar-refractivity contribution in [1.29, 1.82) is 0 Å². The van der Waals surface area contributed by atoms with E-state index in [1.54, 1.807) is 28.6 Å². The highest BCUT2D eigenvalue weighted by Crippen LogP contribution is 2.31. The molecule has 0 aromatic heterocycles. The maximum atomic E-state index is 13.6. The molecule has 1 atom stereocenters. The van der Waals surface area contributed by atoms with E-state index in [0.29, 0.717) is 35.0 Å². The average Bonchev–Trinajstić information content (AvgIpc) is 2.74. The summed E-state index contributed by atoms with van der Waals surface area (Å²) in [6.45, 7) is 6.23. The van der Waals surface area contributed by atoms with Crippen molar-refractivity contribution in [1.82, 2.24) is 9.62 Å². The molecule has 178 valence electrons. The molecule has 33 heavy (non-hydrogen) atoms. The number of amides is 2. The van der Waals surface area contributed by atoms with Gasteiger partial charge in [-0.2, -0.15) is 4.31 Å². The van der Waals surface area contributed by atoms with Crippen molar-refractivity contribution in [3.05, 3.63) is 58.1 Å². The zero-order valence-corrected chi connectivity index (χ0v) is 20.7. The lowest BCUT2D eigenvalue weighted by Crippen LogP contribution is -2.46. The Labute approximate surface area is 200 Å². The lowest BCUT2D eigenvalue weighted by Gasteiger charge is -2.35. The van der Waals surface area contributed by atoms with Gasteiger partial charge < -0.3 is 10.6 Å². The largest absolute Gasteiger partial charge is 0.348 e. The van der Waals surface area contributed by atoms with Crippen molar-refractivity contribution >= 4 is 39.1 Å². The standard InChI is InChI=1S/C24H30ClN3O4S/c1-16-14-17(2)22(18(3)15-16)33(31,32)28-13-7-6-8-19(28)11-12-26-23(29)24(30)27-21-10-5-4-9-20(21)25/h4-5,9-10,14-15,19H,6-8,11-13H2,1-3H3,(H,26,29)(H,27,30)/t19-/m0/s1. The normalized spacial score (nSPS) is 16.9. The van der Waals surface area contributed by atoms with Gasteiger partial charge in [-0.1, -0.05) is 47.9 Å². The maximum Gasteiger partial charge on any atom is 0.313 e. The molecule has 2 amide bonds. The number of piperidine rings is 1. The molecule has 0 spiro atoms. The van der Waals surface area contributed by atoms with Gasteiger partial charge in [0.05, 0.1) is 15.6 Å². The van der Waals surface area contributed by atoms with Crippen molar-refractivity contribution in [2.75, 3.05) is 18.4 Å². The molecule has 1 saturated heterocycles. The molecule has 2 N–H and O–H groups in total. The van der Waals surface area contributed by atoms with Crippen molar-refractivity contribution in [3.63, 3.8) is 0 Å². The number of carbonyl (C=O) groups excluding carboxylic acids is 2. The minimum Gasteiger partial charge on any atom is -0.348 e. The van der Waals surface area contributed by atoms with E-state index in [4.69, 9.17) is 11.6 Å². The van der Waals surface area contributed by atoms with Crippen LogP contribution in [0.1, 0.15) is 42.4 Å². The van der Waals surface area contributed by atoms with E-state index in [1.807, 2.05) is 32.9 Å². The zero-order valence-electron chi connectivity index (χ0n) is 19.2. The SMILES string of the molecule is Cc1cc(C)c(S(=O)(=O)N2CCCC[C@H]2CCNC(=O)C(=O)Nc2ccccc2Cl)c(C)c1. The molecule has 0 radical (unpaired) electrons. The highest BCUT2D eigenvalue weighted by Gasteiger charge is 2.35. The molecular formula is C24H30ClN3O4S. The molecule has 1 heterocycles. The molecule has 0 aliphatic carbocycles. The van der Waals surface area contributed by atoms with Crippen molar-refractivity contribution in [3.8, 4) is 0 Å².